The van der Waals surface area contributed by atoms with Crippen LogP contribution in [0.15, 0.2) is 30.5 Å². The molecule has 2 heterocycles. The molecular formula is C14H14F3N3O. The number of hydrogen-bond donors (Lipinski definition) is 2. The molecule has 112 valence electrons. The monoisotopic (exact) mass is 297 g/mol. The zero-order valence-electron chi connectivity index (χ0n) is 11.1. The lowest BCUT2D eigenvalue weighted by molar-refractivity contribution is -0.274. The summed E-state index contributed by atoms with van der Waals surface area (Å²) in [5.74, 6) is 0.626. The topological polar surface area (TPSA) is 49.9 Å². The normalized spacial score (nSPS) is 18.9. The van der Waals surface area contributed by atoms with E-state index in [0.29, 0.717) is 0 Å². The van der Waals surface area contributed by atoms with E-state index < -0.39 is 6.36 Å². The third kappa shape index (κ3) is 3.36. The van der Waals surface area contributed by atoms with Crippen molar-refractivity contribution in [2.75, 3.05) is 6.54 Å². The minimum absolute atomic E-state index is 0.228. The SMILES string of the molecule is FC(F)(F)Oc1ccc(-c2cnc(C3CCCN3)[nH]2)cc1. The first kappa shape index (κ1) is 13.9. The quantitative estimate of drug-likeness (QED) is 0.913. The van der Waals surface area contributed by atoms with Crippen molar-refractivity contribution in [1.29, 1.82) is 0 Å². The second-order valence-corrected chi connectivity index (χ2v) is 4.90. The number of ether oxygens (including phenoxy) is 1. The van der Waals surface area contributed by atoms with Gasteiger partial charge in [0.2, 0.25) is 0 Å². The van der Waals surface area contributed by atoms with Gasteiger partial charge in [0, 0.05) is 0 Å². The van der Waals surface area contributed by atoms with Gasteiger partial charge in [-0.1, -0.05) is 0 Å². The van der Waals surface area contributed by atoms with E-state index in [1.807, 2.05) is 0 Å². The van der Waals surface area contributed by atoms with Crippen LogP contribution >= 0.6 is 0 Å². The van der Waals surface area contributed by atoms with Crippen LogP contribution in [0.1, 0.15) is 24.7 Å². The summed E-state index contributed by atoms with van der Waals surface area (Å²) in [5, 5.41) is 3.33. The molecule has 7 heteroatoms. The van der Waals surface area contributed by atoms with E-state index in [4.69, 9.17) is 0 Å². The Kier molecular flexibility index (Phi) is 3.59. The van der Waals surface area contributed by atoms with Crippen molar-refractivity contribution in [1.82, 2.24) is 15.3 Å². The number of hydrogen-bond acceptors (Lipinski definition) is 3. The predicted molar refractivity (Wildman–Crippen MR) is 70.7 cm³/mol. The van der Waals surface area contributed by atoms with Gasteiger partial charge in [0.25, 0.3) is 0 Å². The highest BCUT2D eigenvalue weighted by Crippen LogP contribution is 2.27. The van der Waals surface area contributed by atoms with Crippen LogP contribution in [0.2, 0.25) is 0 Å². The molecule has 1 aliphatic heterocycles. The van der Waals surface area contributed by atoms with Crippen molar-refractivity contribution >= 4 is 0 Å². The number of imidazole rings is 1. The molecule has 0 aliphatic carbocycles. The molecule has 0 saturated carbocycles. The van der Waals surface area contributed by atoms with Gasteiger partial charge in [0.15, 0.2) is 0 Å². The summed E-state index contributed by atoms with van der Waals surface area (Å²) in [4.78, 5) is 7.53. The van der Waals surface area contributed by atoms with E-state index in [-0.39, 0.29) is 11.8 Å². The Bertz CT molecular complexity index is 601. The molecule has 2 N–H and O–H groups in total. The first-order valence-electron chi connectivity index (χ1n) is 6.66. The van der Waals surface area contributed by atoms with Crippen LogP contribution in [0, 0.1) is 0 Å². The molecule has 1 fully saturated rings. The molecule has 21 heavy (non-hydrogen) atoms. The maximum Gasteiger partial charge on any atom is 0.573 e. The van der Waals surface area contributed by atoms with Crippen molar-refractivity contribution in [3.8, 4) is 17.0 Å². The largest absolute Gasteiger partial charge is 0.573 e. The first-order valence-corrected chi connectivity index (χ1v) is 6.66. The average molecular weight is 297 g/mol. The molecule has 2 aromatic rings. The fourth-order valence-corrected chi connectivity index (χ4v) is 2.41. The number of aromatic amines is 1. The Morgan fingerprint density at radius 3 is 2.57 bits per heavy atom. The summed E-state index contributed by atoms with van der Waals surface area (Å²) in [6, 6.07) is 5.95. The zero-order valence-corrected chi connectivity index (χ0v) is 11.1. The van der Waals surface area contributed by atoms with Crippen LogP contribution in [0.3, 0.4) is 0 Å². The van der Waals surface area contributed by atoms with Gasteiger partial charge in [-0.3, -0.25) is 0 Å². The lowest BCUT2D eigenvalue weighted by Gasteiger charge is -2.09. The molecule has 0 spiro atoms. The number of nitrogens with zero attached hydrogens (tertiary/aromatic N) is 1. The Morgan fingerprint density at radius 1 is 1.19 bits per heavy atom. The van der Waals surface area contributed by atoms with Crippen molar-refractivity contribution < 1.29 is 17.9 Å². The molecular weight excluding hydrogens is 283 g/mol. The molecule has 1 aliphatic rings. The summed E-state index contributed by atoms with van der Waals surface area (Å²) >= 11 is 0. The maximum absolute atomic E-state index is 12.1. The van der Waals surface area contributed by atoms with Crippen molar-refractivity contribution in [2.45, 2.75) is 25.2 Å². The number of rotatable bonds is 3. The molecule has 1 aromatic heterocycles. The summed E-state index contributed by atoms with van der Waals surface area (Å²) < 4.78 is 40.1. The number of alkyl halides is 3. The second-order valence-electron chi connectivity index (χ2n) is 4.90. The second kappa shape index (κ2) is 5.40. The molecule has 1 atom stereocenters. The van der Waals surface area contributed by atoms with Gasteiger partial charge in [-0.05, 0) is 49.2 Å². The predicted octanol–water partition coefficient (Wildman–Crippen LogP) is 3.40. The van der Waals surface area contributed by atoms with Gasteiger partial charge >= 0.3 is 6.36 Å². The van der Waals surface area contributed by atoms with Crippen LogP contribution in [0.5, 0.6) is 5.75 Å². The average Bonchev–Trinajstić information content (AvgIpc) is 3.09. The number of aromatic nitrogens is 2. The Hall–Kier alpha value is -2.02. The van der Waals surface area contributed by atoms with Crippen LogP contribution in [-0.2, 0) is 0 Å². The molecule has 0 amide bonds. The summed E-state index contributed by atoms with van der Waals surface area (Å²) in [6.45, 7) is 0.976. The van der Waals surface area contributed by atoms with E-state index in [9.17, 15) is 13.2 Å². The van der Waals surface area contributed by atoms with Gasteiger partial charge in [-0.25, -0.2) is 4.98 Å². The van der Waals surface area contributed by atoms with Crippen molar-refractivity contribution in [3.05, 3.63) is 36.3 Å². The number of H-pyrrole nitrogens is 1. The van der Waals surface area contributed by atoms with Crippen LogP contribution in [0.25, 0.3) is 11.3 Å². The van der Waals surface area contributed by atoms with Crippen molar-refractivity contribution in [2.24, 2.45) is 0 Å². The van der Waals surface area contributed by atoms with Gasteiger partial charge < -0.3 is 15.0 Å². The molecule has 4 nitrogen and oxygen atoms in total. The van der Waals surface area contributed by atoms with E-state index in [1.165, 1.54) is 12.1 Å². The Balaban J connectivity index is 1.74. The zero-order chi connectivity index (χ0) is 14.9. The Labute approximate surface area is 119 Å². The molecule has 0 bridgehead atoms. The van der Waals surface area contributed by atoms with Crippen LogP contribution < -0.4 is 10.1 Å². The summed E-state index contributed by atoms with van der Waals surface area (Å²) in [7, 11) is 0. The minimum atomic E-state index is -4.67. The lowest BCUT2D eigenvalue weighted by Crippen LogP contribution is -2.16. The van der Waals surface area contributed by atoms with Gasteiger partial charge in [-0.2, -0.15) is 0 Å². The molecule has 3 rings (SSSR count). The number of halogens is 3. The maximum atomic E-state index is 12.1. The molecule has 1 unspecified atom stereocenters. The highest BCUT2D eigenvalue weighted by atomic mass is 19.4. The molecule has 1 aromatic carbocycles. The molecule has 0 radical (unpaired) electrons. The summed E-state index contributed by atoms with van der Waals surface area (Å²) in [6.07, 6.45) is -0.832. The highest BCUT2D eigenvalue weighted by Gasteiger charge is 2.31. The standard InChI is InChI=1S/C14H14F3N3O/c15-14(16,17)21-10-5-3-9(4-6-10)12-8-19-13(20-12)11-2-1-7-18-11/h3-6,8,11,18H,1-2,7H2,(H,19,20). The first-order chi connectivity index (χ1) is 10.0. The van der Waals surface area contributed by atoms with Crippen molar-refractivity contribution in [3.63, 3.8) is 0 Å². The third-order valence-electron chi connectivity index (χ3n) is 3.38. The molecule has 1 saturated heterocycles. The van der Waals surface area contributed by atoms with Gasteiger partial charge in [0.1, 0.15) is 11.6 Å². The van der Waals surface area contributed by atoms with Crippen LogP contribution in [0.4, 0.5) is 13.2 Å². The third-order valence-corrected chi connectivity index (χ3v) is 3.38. The fraction of sp³-hybridized carbons (Fsp3) is 0.357. The highest BCUT2D eigenvalue weighted by molar-refractivity contribution is 5.59. The van der Waals surface area contributed by atoms with E-state index in [0.717, 1.165) is 36.5 Å². The fourth-order valence-electron chi connectivity index (χ4n) is 2.41. The minimum Gasteiger partial charge on any atom is -0.406 e. The van der Waals surface area contributed by atoms with Gasteiger partial charge in [0.05, 0.1) is 17.9 Å². The lowest BCUT2D eigenvalue weighted by atomic mass is 10.1. The van der Waals surface area contributed by atoms with E-state index in [2.05, 4.69) is 20.0 Å². The number of nitrogens with one attached hydrogen (secondary N) is 2. The van der Waals surface area contributed by atoms with Gasteiger partial charge in [-0.15, -0.1) is 13.2 Å². The van der Waals surface area contributed by atoms with E-state index in [1.54, 1.807) is 18.3 Å². The Morgan fingerprint density at radius 2 is 1.95 bits per heavy atom. The summed E-state index contributed by atoms with van der Waals surface area (Å²) in [5.41, 5.74) is 1.54. The number of benzene rings is 1. The van der Waals surface area contributed by atoms with Crippen LogP contribution in [-0.4, -0.2) is 22.9 Å². The smallest absolute Gasteiger partial charge is 0.406 e. The van der Waals surface area contributed by atoms with E-state index >= 15 is 0 Å².